The number of thiazole rings is 1. The van der Waals surface area contributed by atoms with E-state index in [1.54, 1.807) is 19.1 Å². The van der Waals surface area contributed by atoms with Crippen molar-refractivity contribution in [3.63, 3.8) is 0 Å². The fraction of sp³-hybridized carbons (Fsp3) is 0.167. The number of hydrogen-bond donors (Lipinski definition) is 1. The van der Waals surface area contributed by atoms with E-state index in [1.807, 2.05) is 12.1 Å². The second-order valence-electron chi connectivity index (χ2n) is 3.80. The topological polar surface area (TPSA) is 59.3 Å². The Bertz CT molecular complexity index is 642. The predicted octanol–water partition coefficient (Wildman–Crippen LogP) is 2.62. The summed E-state index contributed by atoms with van der Waals surface area (Å²) in [5, 5.41) is 9.57. The van der Waals surface area contributed by atoms with Crippen LogP contribution in [0.1, 0.15) is 20.9 Å². The van der Waals surface area contributed by atoms with Gasteiger partial charge in [-0.3, -0.25) is 9.36 Å². The molecule has 0 aliphatic carbocycles. The molecule has 0 atom stereocenters. The van der Waals surface area contributed by atoms with E-state index in [0.29, 0.717) is 17.3 Å². The van der Waals surface area contributed by atoms with Gasteiger partial charge in [0.25, 0.3) is 0 Å². The third-order valence-corrected chi connectivity index (χ3v) is 3.91. The van der Waals surface area contributed by atoms with Crippen molar-refractivity contribution in [1.29, 1.82) is 0 Å². The highest BCUT2D eigenvalue weighted by Gasteiger charge is 2.16. The fourth-order valence-electron chi connectivity index (χ4n) is 1.63. The Kier molecular flexibility index (Phi) is 3.54. The number of hydrogen-bond acceptors (Lipinski definition) is 3. The van der Waals surface area contributed by atoms with Crippen molar-refractivity contribution in [2.45, 2.75) is 13.5 Å². The van der Waals surface area contributed by atoms with Crippen molar-refractivity contribution in [2.24, 2.45) is 0 Å². The van der Waals surface area contributed by atoms with Crippen molar-refractivity contribution in [1.82, 2.24) is 4.57 Å². The summed E-state index contributed by atoms with van der Waals surface area (Å²) in [7, 11) is 0. The molecule has 2 rings (SSSR count). The van der Waals surface area contributed by atoms with Crippen molar-refractivity contribution >= 4 is 28.9 Å². The fourth-order valence-corrected chi connectivity index (χ4v) is 2.59. The zero-order valence-electron chi connectivity index (χ0n) is 9.51. The molecular formula is C12H10ClNO3S. The Hall–Kier alpha value is -1.59. The number of nitrogens with zero attached hydrogens (tertiary/aromatic N) is 1. The molecule has 1 heterocycles. The third-order valence-electron chi connectivity index (χ3n) is 2.59. The molecule has 0 saturated carbocycles. The minimum atomic E-state index is -1.07. The Morgan fingerprint density at radius 2 is 2.00 bits per heavy atom. The molecule has 0 aliphatic heterocycles. The SMILES string of the molecule is Cc1c(C(=O)O)sc(=O)n1Cc1ccc(Cl)cc1. The predicted molar refractivity (Wildman–Crippen MR) is 70.8 cm³/mol. The molecule has 0 radical (unpaired) electrons. The molecule has 0 fully saturated rings. The first-order valence-corrected chi connectivity index (χ1v) is 6.36. The normalized spacial score (nSPS) is 10.6. The van der Waals surface area contributed by atoms with Crippen LogP contribution in [0.2, 0.25) is 5.02 Å². The number of benzene rings is 1. The van der Waals surface area contributed by atoms with Crippen LogP contribution < -0.4 is 4.87 Å². The van der Waals surface area contributed by atoms with E-state index in [1.165, 1.54) is 4.57 Å². The van der Waals surface area contributed by atoms with Crippen LogP contribution in [0.25, 0.3) is 0 Å². The van der Waals surface area contributed by atoms with Gasteiger partial charge in [0.05, 0.1) is 6.54 Å². The van der Waals surface area contributed by atoms with E-state index in [9.17, 15) is 9.59 Å². The summed E-state index contributed by atoms with van der Waals surface area (Å²) in [5.41, 5.74) is 1.38. The van der Waals surface area contributed by atoms with Crippen molar-refractivity contribution < 1.29 is 9.90 Å². The van der Waals surface area contributed by atoms with E-state index in [0.717, 1.165) is 16.9 Å². The molecular weight excluding hydrogens is 274 g/mol. The molecule has 0 bridgehead atoms. The Morgan fingerprint density at radius 3 is 2.50 bits per heavy atom. The van der Waals surface area contributed by atoms with Crippen LogP contribution in [0.3, 0.4) is 0 Å². The zero-order valence-corrected chi connectivity index (χ0v) is 11.1. The Balaban J connectivity index is 2.38. The van der Waals surface area contributed by atoms with Gasteiger partial charge in [0.2, 0.25) is 0 Å². The summed E-state index contributed by atoms with van der Waals surface area (Å²) in [5.74, 6) is -1.07. The maximum absolute atomic E-state index is 11.7. The van der Waals surface area contributed by atoms with Gasteiger partial charge in [-0.25, -0.2) is 4.79 Å². The van der Waals surface area contributed by atoms with E-state index in [-0.39, 0.29) is 9.75 Å². The van der Waals surface area contributed by atoms with Gasteiger partial charge < -0.3 is 5.11 Å². The van der Waals surface area contributed by atoms with Gasteiger partial charge in [-0.05, 0) is 24.6 Å². The minimum Gasteiger partial charge on any atom is -0.477 e. The summed E-state index contributed by atoms with van der Waals surface area (Å²) >= 11 is 6.53. The first-order valence-electron chi connectivity index (χ1n) is 5.17. The van der Waals surface area contributed by atoms with Gasteiger partial charge in [0.15, 0.2) is 0 Å². The highest BCUT2D eigenvalue weighted by atomic mass is 35.5. The van der Waals surface area contributed by atoms with E-state index < -0.39 is 5.97 Å². The number of halogens is 1. The second kappa shape index (κ2) is 4.96. The van der Waals surface area contributed by atoms with Gasteiger partial charge in [-0.1, -0.05) is 35.1 Å². The van der Waals surface area contributed by atoms with Crippen LogP contribution in [0.15, 0.2) is 29.1 Å². The van der Waals surface area contributed by atoms with E-state index >= 15 is 0 Å². The largest absolute Gasteiger partial charge is 0.477 e. The van der Waals surface area contributed by atoms with Crippen LogP contribution in [0.5, 0.6) is 0 Å². The smallest absolute Gasteiger partial charge is 0.347 e. The third kappa shape index (κ3) is 2.47. The summed E-state index contributed by atoms with van der Waals surface area (Å²) in [4.78, 5) is 22.5. The monoisotopic (exact) mass is 283 g/mol. The van der Waals surface area contributed by atoms with Gasteiger partial charge in [0, 0.05) is 10.7 Å². The second-order valence-corrected chi connectivity index (χ2v) is 5.20. The summed E-state index contributed by atoms with van der Waals surface area (Å²) in [6.07, 6.45) is 0. The molecule has 0 saturated heterocycles. The molecule has 2 aromatic rings. The Morgan fingerprint density at radius 1 is 1.39 bits per heavy atom. The average Bonchev–Trinajstić information content (AvgIpc) is 2.60. The minimum absolute atomic E-state index is 0.0916. The molecule has 1 aromatic carbocycles. The molecule has 1 N–H and O–H groups in total. The molecule has 0 unspecified atom stereocenters. The molecule has 94 valence electrons. The lowest BCUT2D eigenvalue weighted by Crippen LogP contribution is -2.15. The van der Waals surface area contributed by atoms with Crippen molar-refractivity contribution in [3.05, 3.63) is 55.1 Å². The number of carbonyl (C=O) groups is 1. The lowest BCUT2D eigenvalue weighted by atomic mass is 10.2. The lowest BCUT2D eigenvalue weighted by molar-refractivity contribution is 0.0701. The van der Waals surface area contributed by atoms with Gasteiger partial charge in [-0.15, -0.1) is 0 Å². The van der Waals surface area contributed by atoms with Gasteiger partial charge >= 0.3 is 10.8 Å². The maximum Gasteiger partial charge on any atom is 0.347 e. The molecule has 0 aliphatic rings. The maximum atomic E-state index is 11.7. The number of aromatic carboxylic acids is 1. The van der Waals surface area contributed by atoms with Crippen LogP contribution in [-0.4, -0.2) is 15.6 Å². The molecule has 6 heteroatoms. The number of rotatable bonds is 3. The zero-order chi connectivity index (χ0) is 13.3. The standard InChI is InChI=1S/C12H10ClNO3S/c1-7-10(11(15)16)18-12(17)14(7)6-8-2-4-9(13)5-3-8/h2-5H,6H2,1H3,(H,15,16). The molecule has 0 spiro atoms. The molecule has 0 amide bonds. The summed E-state index contributed by atoms with van der Waals surface area (Å²) in [6.45, 7) is 1.99. The first-order chi connectivity index (χ1) is 8.49. The average molecular weight is 284 g/mol. The highest BCUT2D eigenvalue weighted by molar-refractivity contribution is 7.11. The van der Waals surface area contributed by atoms with Crippen molar-refractivity contribution in [2.75, 3.05) is 0 Å². The van der Waals surface area contributed by atoms with Crippen LogP contribution in [0.4, 0.5) is 0 Å². The van der Waals surface area contributed by atoms with Gasteiger partial charge in [-0.2, -0.15) is 0 Å². The van der Waals surface area contributed by atoms with E-state index in [4.69, 9.17) is 16.7 Å². The number of carboxylic acids is 1. The molecule has 1 aromatic heterocycles. The van der Waals surface area contributed by atoms with Crippen molar-refractivity contribution in [3.8, 4) is 0 Å². The highest BCUT2D eigenvalue weighted by Crippen LogP contribution is 2.15. The quantitative estimate of drug-likeness (QED) is 0.942. The van der Waals surface area contributed by atoms with Gasteiger partial charge in [0.1, 0.15) is 4.88 Å². The number of aromatic nitrogens is 1. The van der Waals surface area contributed by atoms with Crippen LogP contribution in [-0.2, 0) is 6.54 Å². The lowest BCUT2D eigenvalue weighted by Gasteiger charge is -2.05. The Labute approximate surface area is 112 Å². The van der Waals surface area contributed by atoms with Crippen LogP contribution >= 0.6 is 22.9 Å². The summed E-state index contributed by atoms with van der Waals surface area (Å²) in [6, 6.07) is 7.10. The molecule has 18 heavy (non-hydrogen) atoms. The van der Waals surface area contributed by atoms with E-state index in [2.05, 4.69) is 0 Å². The first kappa shape index (κ1) is 12.9. The molecule has 4 nitrogen and oxygen atoms in total. The number of carboxylic acid groups (broad SMARTS) is 1. The van der Waals surface area contributed by atoms with Crippen LogP contribution in [0, 0.1) is 6.92 Å². The summed E-state index contributed by atoms with van der Waals surface area (Å²) < 4.78 is 1.46.